The monoisotopic (exact) mass is 298 g/mol. The summed E-state index contributed by atoms with van der Waals surface area (Å²) in [6.45, 7) is 2.60. The highest BCUT2D eigenvalue weighted by atomic mass is 35.5. The van der Waals surface area contributed by atoms with Gasteiger partial charge in [-0.15, -0.1) is 12.4 Å². The number of hydrogen-bond acceptors (Lipinski definition) is 4. The molecule has 0 spiro atoms. The van der Waals surface area contributed by atoms with E-state index in [1.54, 1.807) is 4.31 Å². The molecule has 5 nitrogen and oxygen atoms in total. The minimum atomic E-state index is -3.10. The van der Waals surface area contributed by atoms with Crippen LogP contribution in [0.5, 0.6) is 0 Å². The number of hydrogen-bond donors (Lipinski definition) is 1. The second-order valence-electron chi connectivity index (χ2n) is 4.99. The number of likely N-dealkylation sites (N-methyl/N-ethyl adjacent to an activating group) is 1. The standard InChI is InChI=1S/C11H22N2O3S.ClH/c1-12-11-3-2-5-13(7-11)17(14,15)9-10-4-6-16-8-10;/h10-12H,2-9H2,1H3;1H. The van der Waals surface area contributed by atoms with E-state index in [1.165, 1.54) is 0 Å². The molecule has 0 aromatic heterocycles. The first-order chi connectivity index (χ1) is 8.12. The van der Waals surface area contributed by atoms with Crippen molar-refractivity contribution in [2.24, 2.45) is 5.92 Å². The number of ether oxygens (including phenoxy) is 1. The summed E-state index contributed by atoms with van der Waals surface area (Å²) < 4.78 is 31.4. The Balaban J connectivity index is 0.00000162. The van der Waals surface area contributed by atoms with Crippen LogP contribution in [0.15, 0.2) is 0 Å². The molecule has 0 aliphatic carbocycles. The van der Waals surface area contributed by atoms with Crippen molar-refractivity contribution in [2.75, 3.05) is 39.1 Å². The fourth-order valence-electron chi connectivity index (χ4n) is 2.55. The Labute approximate surface area is 116 Å². The molecule has 2 atom stereocenters. The van der Waals surface area contributed by atoms with Gasteiger partial charge in [0, 0.05) is 25.7 Å². The molecule has 2 aliphatic heterocycles. The second-order valence-corrected chi connectivity index (χ2v) is 7.01. The largest absolute Gasteiger partial charge is 0.381 e. The van der Waals surface area contributed by atoms with Crippen molar-refractivity contribution in [3.05, 3.63) is 0 Å². The highest BCUT2D eigenvalue weighted by molar-refractivity contribution is 7.89. The van der Waals surface area contributed by atoms with Gasteiger partial charge in [-0.3, -0.25) is 0 Å². The normalized spacial score (nSPS) is 30.1. The van der Waals surface area contributed by atoms with E-state index in [-0.39, 0.29) is 24.1 Å². The third-order valence-corrected chi connectivity index (χ3v) is 5.67. The lowest BCUT2D eigenvalue weighted by Gasteiger charge is -2.32. The van der Waals surface area contributed by atoms with Gasteiger partial charge in [0.2, 0.25) is 10.0 Å². The van der Waals surface area contributed by atoms with Gasteiger partial charge in [0.1, 0.15) is 0 Å². The summed E-state index contributed by atoms with van der Waals surface area (Å²) in [5.41, 5.74) is 0. The van der Waals surface area contributed by atoms with Crippen molar-refractivity contribution in [3.63, 3.8) is 0 Å². The Morgan fingerprint density at radius 2 is 2.17 bits per heavy atom. The summed E-state index contributed by atoms with van der Waals surface area (Å²) in [5.74, 6) is 0.443. The van der Waals surface area contributed by atoms with Gasteiger partial charge >= 0.3 is 0 Å². The highest BCUT2D eigenvalue weighted by Crippen LogP contribution is 2.20. The predicted molar refractivity (Wildman–Crippen MR) is 73.6 cm³/mol. The first-order valence-corrected chi connectivity index (χ1v) is 7.95. The Morgan fingerprint density at radius 1 is 1.39 bits per heavy atom. The molecule has 7 heteroatoms. The van der Waals surface area contributed by atoms with Crippen LogP contribution in [0.4, 0.5) is 0 Å². The maximum Gasteiger partial charge on any atom is 0.214 e. The second kappa shape index (κ2) is 7.05. The van der Waals surface area contributed by atoms with Crippen molar-refractivity contribution >= 4 is 22.4 Å². The molecule has 2 rings (SSSR count). The van der Waals surface area contributed by atoms with E-state index in [1.807, 2.05) is 7.05 Å². The molecule has 2 saturated heterocycles. The zero-order valence-electron chi connectivity index (χ0n) is 10.8. The van der Waals surface area contributed by atoms with E-state index in [0.717, 1.165) is 19.3 Å². The molecule has 0 bridgehead atoms. The average molecular weight is 299 g/mol. The van der Waals surface area contributed by atoms with Crippen LogP contribution in [-0.2, 0) is 14.8 Å². The quantitative estimate of drug-likeness (QED) is 0.819. The molecular formula is C11H23ClN2O3S. The highest BCUT2D eigenvalue weighted by Gasteiger charge is 2.31. The third kappa shape index (κ3) is 4.06. The SMILES string of the molecule is CNC1CCCN(S(=O)(=O)CC2CCOC2)C1.Cl. The van der Waals surface area contributed by atoms with Gasteiger partial charge < -0.3 is 10.1 Å². The molecule has 0 saturated carbocycles. The van der Waals surface area contributed by atoms with E-state index in [2.05, 4.69) is 5.32 Å². The van der Waals surface area contributed by atoms with Gasteiger partial charge in [0.15, 0.2) is 0 Å². The van der Waals surface area contributed by atoms with Crippen molar-refractivity contribution in [3.8, 4) is 0 Å². The molecule has 0 amide bonds. The molecule has 1 N–H and O–H groups in total. The fourth-order valence-corrected chi connectivity index (χ4v) is 4.43. The number of nitrogens with zero attached hydrogens (tertiary/aromatic N) is 1. The van der Waals surface area contributed by atoms with E-state index in [4.69, 9.17) is 4.74 Å². The lowest BCUT2D eigenvalue weighted by Crippen LogP contribution is -2.48. The number of rotatable bonds is 4. The maximum absolute atomic E-state index is 12.2. The molecular weight excluding hydrogens is 276 g/mol. The molecule has 2 unspecified atom stereocenters. The van der Waals surface area contributed by atoms with Crippen LogP contribution in [-0.4, -0.2) is 57.9 Å². The van der Waals surface area contributed by atoms with Crippen LogP contribution in [0.2, 0.25) is 0 Å². The number of sulfonamides is 1. The summed E-state index contributed by atoms with van der Waals surface area (Å²) in [6, 6.07) is 0.304. The maximum atomic E-state index is 12.2. The number of piperidine rings is 1. The number of nitrogens with one attached hydrogen (secondary N) is 1. The first-order valence-electron chi connectivity index (χ1n) is 6.34. The van der Waals surface area contributed by atoms with Gasteiger partial charge in [-0.1, -0.05) is 0 Å². The first kappa shape index (κ1) is 16.2. The van der Waals surface area contributed by atoms with E-state index >= 15 is 0 Å². The Morgan fingerprint density at radius 3 is 2.78 bits per heavy atom. The van der Waals surface area contributed by atoms with Gasteiger partial charge in [-0.25, -0.2) is 12.7 Å². The van der Waals surface area contributed by atoms with Gasteiger partial charge in [-0.2, -0.15) is 0 Å². The Hall–Kier alpha value is 0.120. The minimum absolute atomic E-state index is 0. The van der Waals surface area contributed by atoms with E-state index in [9.17, 15) is 8.42 Å². The zero-order valence-corrected chi connectivity index (χ0v) is 12.4. The van der Waals surface area contributed by atoms with Gasteiger partial charge in [0.25, 0.3) is 0 Å². The van der Waals surface area contributed by atoms with Crippen molar-refractivity contribution < 1.29 is 13.2 Å². The molecule has 0 aromatic rings. The third-order valence-electron chi connectivity index (χ3n) is 3.66. The van der Waals surface area contributed by atoms with Crippen molar-refractivity contribution in [1.29, 1.82) is 0 Å². The van der Waals surface area contributed by atoms with Crippen LogP contribution < -0.4 is 5.32 Å². The molecule has 2 fully saturated rings. The molecule has 2 aliphatic rings. The summed E-state index contributed by atoms with van der Waals surface area (Å²) in [5, 5.41) is 3.17. The molecule has 0 aromatic carbocycles. The van der Waals surface area contributed by atoms with Crippen LogP contribution >= 0.6 is 12.4 Å². The van der Waals surface area contributed by atoms with Crippen molar-refractivity contribution in [2.45, 2.75) is 25.3 Å². The summed E-state index contributed by atoms with van der Waals surface area (Å²) in [4.78, 5) is 0. The van der Waals surface area contributed by atoms with Gasteiger partial charge in [-0.05, 0) is 32.2 Å². The van der Waals surface area contributed by atoms with E-state index < -0.39 is 10.0 Å². The zero-order chi connectivity index (χ0) is 12.3. The average Bonchev–Trinajstić information content (AvgIpc) is 2.81. The topological polar surface area (TPSA) is 58.6 Å². The molecule has 18 heavy (non-hydrogen) atoms. The van der Waals surface area contributed by atoms with Crippen LogP contribution in [0, 0.1) is 5.92 Å². The van der Waals surface area contributed by atoms with Gasteiger partial charge in [0.05, 0.1) is 12.4 Å². The fraction of sp³-hybridized carbons (Fsp3) is 1.00. The minimum Gasteiger partial charge on any atom is -0.381 e. The summed E-state index contributed by atoms with van der Waals surface area (Å²) in [6.07, 6.45) is 2.89. The molecule has 2 heterocycles. The summed E-state index contributed by atoms with van der Waals surface area (Å²) in [7, 11) is -1.20. The smallest absolute Gasteiger partial charge is 0.214 e. The predicted octanol–water partition coefficient (Wildman–Crippen LogP) is 0.458. The van der Waals surface area contributed by atoms with Crippen LogP contribution in [0.25, 0.3) is 0 Å². The lowest BCUT2D eigenvalue weighted by atomic mass is 10.1. The number of halogens is 1. The lowest BCUT2D eigenvalue weighted by molar-refractivity contribution is 0.188. The molecule has 108 valence electrons. The van der Waals surface area contributed by atoms with Crippen LogP contribution in [0.3, 0.4) is 0 Å². The Kier molecular flexibility index (Phi) is 6.34. The summed E-state index contributed by atoms with van der Waals surface area (Å²) >= 11 is 0. The van der Waals surface area contributed by atoms with E-state index in [0.29, 0.717) is 32.3 Å². The Bertz CT molecular complexity index is 344. The van der Waals surface area contributed by atoms with Crippen LogP contribution in [0.1, 0.15) is 19.3 Å². The molecule has 0 radical (unpaired) electrons. The van der Waals surface area contributed by atoms with Crippen molar-refractivity contribution in [1.82, 2.24) is 9.62 Å².